The van der Waals surface area contributed by atoms with Gasteiger partial charge in [0.25, 0.3) is 0 Å². The minimum Gasteiger partial charge on any atom is -0.300 e. The van der Waals surface area contributed by atoms with Gasteiger partial charge in [-0.05, 0) is 68.5 Å². The Kier molecular flexibility index (Phi) is 6.90. The second-order valence-corrected chi connectivity index (χ2v) is 9.33. The summed E-state index contributed by atoms with van der Waals surface area (Å²) in [6, 6.07) is 0.771. The Morgan fingerprint density at radius 2 is 1.68 bits per heavy atom. The maximum absolute atomic E-state index is 11.8. The highest BCUT2D eigenvalue weighted by atomic mass is 16.1. The van der Waals surface area contributed by atoms with Gasteiger partial charge in [-0.25, -0.2) is 9.97 Å². The number of nitrogens with zero attached hydrogens (tertiary/aromatic N) is 3. The summed E-state index contributed by atoms with van der Waals surface area (Å²) < 4.78 is 0. The molecule has 3 aliphatic rings. The minimum atomic E-state index is 0.389. The Morgan fingerprint density at radius 1 is 1.11 bits per heavy atom. The second-order valence-electron chi connectivity index (χ2n) is 9.33. The summed E-state index contributed by atoms with van der Waals surface area (Å²) in [5.41, 5.74) is 1.86. The molecule has 4 heteroatoms. The molecular weight excluding hydrogens is 346 g/mol. The van der Waals surface area contributed by atoms with Crippen LogP contribution in [0.5, 0.6) is 0 Å². The molecule has 1 aliphatic heterocycles. The molecule has 1 aromatic heterocycles. The van der Waals surface area contributed by atoms with Crippen molar-refractivity contribution < 1.29 is 4.79 Å². The molecule has 156 valence electrons. The first-order valence-electron chi connectivity index (χ1n) is 11.6. The van der Waals surface area contributed by atoms with E-state index in [1.807, 2.05) is 20.8 Å². The van der Waals surface area contributed by atoms with Crippen LogP contribution in [0.25, 0.3) is 0 Å². The van der Waals surface area contributed by atoms with Crippen molar-refractivity contribution >= 4 is 5.78 Å². The zero-order valence-corrected chi connectivity index (χ0v) is 18.6. The summed E-state index contributed by atoms with van der Waals surface area (Å²) in [6.45, 7) is 12.7. The number of ketones is 1. The monoisotopic (exact) mass is 385 g/mol. The summed E-state index contributed by atoms with van der Waals surface area (Å²) in [5, 5.41) is 0. The molecule has 3 fully saturated rings. The molecule has 4 rings (SSSR count). The Balaban J connectivity index is 0.00000109. The number of aromatic nitrogens is 2. The van der Waals surface area contributed by atoms with Gasteiger partial charge in [-0.2, -0.15) is 0 Å². The first kappa shape index (κ1) is 21.4. The van der Waals surface area contributed by atoms with Gasteiger partial charge in [0.05, 0.1) is 0 Å². The number of hydrogen-bond donors (Lipinski definition) is 0. The highest BCUT2D eigenvalue weighted by Gasteiger charge is 2.55. The van der Waals surface area contributed by atoms with E-state index in [0.29, 0.717) is 29.0 Å². The highest BCUT2D eigenvalue weighted by molar-refractivity contribution is 5.81. The molecule has 2 heterocycles. The van der Waals surface area contributed by atoms with Crippen molar-refractivity contribution in [3.05, 3.63) is 23.8 Å². The summed E-state index contributed by atoms with van der Waals surface area (Å²) in [5.74, 6) is 2.85. The van der Waals surface area contributed by atoms with E-state index in [9.17, 15) is 4.79 Å². The Bertz CT molecular complexity index is 632. The number of carbonyl (C=O) groups is 1. The SMILES string of the molecule is CC.CCC(=O)C1CC2(C1)CC(N1CCC(c3cnc(C(C)C)nc3)CC1)C2. The van der Waals surface area contributed by atoms with Gasteiger partial charge in [0.2, 0.25) is 0 Å². The van der Waals surface area contributed by atoms with Crippen molar-refractivity contribution in [2.75, 3.05) is 13.1 Å². The third kappa shape index (κ3) is 4.32. The molecule has 0 N–H and O–H groups in total. The van der Waals surface area contributed by atoms with Crippen molar-refractivity contribution in [3.8, 4) is 0 Å². The average molecular weight is 386 g/mol. The molecule has 1 spiro atoms. The summed E-state index contributed by atoms with van der Waals surface area (Å²) in [6.07, 6.45) is 12.3. The molecule has 2 aliphatic carbocycles. The van der Waals surface area contributed by atoms with Crippen LogP contribution in [0.3, 0.4) is 0 Å². The van der Waals surface area contributed by atoms with Crippen molar-refractivity contribution in [1.29, 1.82) is 0 Å². The maximum atomic E-state index is 11.8. The van der Waals surface area contributed by atoms with Gasteiger partial charge in [0.15, 0.2) is 0 Å². The molecule has 0 unspecified atom stereocenters. The molecule has 0 aromatic carbocycles. The maximum Gasteiger partial charge on any atom is 0.135 e. The summed E-state index contributed by atoms with van der Waals surface area (Å²) in [4.78, 5) is 23.6. The fourth-order valence-electron chi connectivity index (χ4n) is 5.49. The smallest absolute Gasteiger partial charge is 0.135 e. The molecule has 4 nitrogen and oxygen atoms in total. The summed E-state index contributed by atoms with van der Waals surface area (Å²) >= 11 is 0. The predicted molar refractivity (Wildman–Crippen MR) is 114 cm³/mol. The number of likely N-dealkylation sites (tertiary alicyclic amines) is 1. The number of carbonyl (C=O) groups excluding carboxylic acids is 1. The van der Waals surface area contributed by atoms with Crippen LogP contribution in [0, 0.1) is 11.3 Å². The zero-order valence-electron chi connectivity index (χ0n) is 18.6. The van der Waals surface area contributed by atoms with Gasteiger partial charge in [-0.1, -0.05) is 34.6 Å². The Labute approximate surface area is 171 Å². The van der Waals surface area contributed by atoms with Crippen LogP contribution in [0.1, 0.15) is 103 Å². The van der Waals surface area contributed by atoms with Gasteiger partial charge < -0.3 is 4.90 Å². The van der Waals surface area contributed by atoms with E-state index in [2.05, 4.69) is 41.1 Å². The van der Waals surface area contributed by atoms with Gasteiger partial charge in [0.1, 0.15) is 11.6 Å². The van der Waals surface area contributed by atoms with Crippen molar-refractivity contribution in [1.82, 2.24) is 14.9 Å². The first-order chi connectivity index (χ1) is 13.5. The van der Waals surface area contributed by atoms with Gasteiger partial charge in [-0.15, -0.1) is 0 Å². The van der Waals surface area contributed by atoms with Crippen LogP contribution in [-0.2, 0) is 4.79 Å². The van der Waals surface area contributed by atoms with Crippen molar-refractivity contribution in [2.45, 2.75) is 97.4 Å². The van der Waals surface area contributed by atoms with E-state index in [1.54, 1.807) is 0 Å². The lowest BCUT2D eigenvalue weighted by molar-refractivity contribution is -0.141. The molecule has 1 aromatic rings. The number of piperidine rings is 1. The molecule has 0 radical (unpaired) electrons. The van der Waals surface area contributed by atoms with E-state index in [0.717, 1.165) is 18.3 Å². The van der Waals surface area contributed by atoms with Crippen LogP contribution in [0.4, 0.5) is 0 Å². The molecule has 0 amide bonds. The van der Waals surface area contributed by atoms with E-state index >= 15 is 0 Å². The molecule has 0 atom stereocenters. The topological polar surface area (TPSA) is 46.1 Å². The van der Waals surface area contributed by atoms with Crippen LogP contribution in [0.2, 0.25) is 0 Å². The van der Waals surface area contributed by atoms with Crippen LogP contribution >= 0.6 is 0 Å². The third-order valence-electron chi connectivity index (χ3n) is 7.23. The molecule has 2 saturated carbocycles. The van der Waals surface area contributed by atoms with Gasteiger partial charge >= 0.3 is 0 Å². The second kappa shape index (κ2) is 9.02. The van der Waals surface area contributed by atoms with E-state index in [-0.39, 0.29) is 0 Å². The standard InChI is InChI=1S/C22H33N3O.C2H6/c1-4-20(26)17-9-22(10-17)11-19(12-22)25-7-5-16(6-8-25)18-13-23-21(15(2)3)24-14-18;1-2/h13-17,19H,4-12H2,1-3H3;1-2H3. The number of Topliss-reactive ketones (excluding diaryl/α,β-unsaturated/α-hetero) is 1. The van der Waals surface area contributed by atoms with E-state index in [1.165, 1.54) is 57.2 Å². The van der Waals surface area contributed by atoms with E-state index < -0.39 is 0 Å². The van der Waals surface area contributed by atoms with E-state index in [4.69, 9.17) is 0 Å². The first-order valence-corrected chi connectivity index (χ1v) is 11.6. The minimum absolute atomic E-state index is 0.389. The number of rotatable bonds is 5. The number of hydrogen-bond acceptors (Lipinski definition) is 4. The van der Waals surface area contributed by atoms with Gasteiger partial charge in [-0.3, -0.25) is 4.79 Å². The zero-order chi connectivity index (χ0) is 20.3. The lowest BCUT2D eigenvalue weighted by atomic mass is 9.49. The van der Waals surface area contributed by atoms with Crippen LogP contribution < -0.4 is 0 Å². The summed E-state index contributed by atoms with van der Waals surface area (Å²) in [7, 11) is 0. The van der Waals surface area contributed by atoms with Gasteiger partial charge in [0, 0.05) is 36.7 Å². The molecule has 1 saturated heterocycles. The lowest BCUT2D eigenvalue weighted by Crippen LogP contribution is -2.58. The molecule has 0 bridgehead atoms. The lowest BCUT2D eigenvalue weighted by Gasteiger charge is -2.60. The highest BCUT2D eigenvalue weighted by Crippen LogP contribution is 2.60. The Hall–Kier alpha value is -1.29. The quantitative estimate of drug-likeness (QED) is 0.686. The Morgan fingerprint density at radius 3 is 2.18 bits per heavy atom. The normalized spacial score (nSPS) is 30.4. The molecule has 28 heavy (non-hydrogen) atoms. The predicted octanol–water partition coefficient (Wildman–Crippen LogP) is 5.34. The fraction of sp³-hybridized carbons (Fsp3) is 0.792. The third-order valence-corrected chi connectivity index (χ3v) is 7.23. The molecular formula is C24H39N3O. The largest absolute Gasteiger partial charge is 0.300 e. The van der Waals surface area contributed by atoms with Crippen molar-refractivity contribution in [3.63, 3.8) is 0 Å². The fourth-order valence-corrected chi connectivity index (χ4v) is 5.49. The van der Waals surface area contributed by atoms with Crippen LogP contribution in [-0.4, -0.2) is 39.8 Å². The average Bonchev–Trinajstić information content (AvgIpc) is 2.67. The van der Waals surface area contributed by atoms with Crippen LogP contribution in [0.15, 0.2) is 12.4 Å². The van der Waals surface area contributed by atoms with Crippen molar-refractivity contribution in [2.24, 2.45) is 11.3 Å².